The lowest BCUT2D eigenvalue weighted by Crippen LogP contribution is -2.17. The molecule has 4 nitrogen and oxygen atoms in total. The van der Waals surface area contributed by atoms with Crippen molar-refractivity contribution in [3.63, 3.8) is 0 Å². The zero-order valence-electron chi connectivity index (χ0n) is 8.36. The Kier molecular flexibility index (Phi) is 3.01. The molecule has 0 radical (unpaired) electrons. The molecule has 1 aliphatic carbocycles. The van der Waals surface area contributed by atoms with Crippen molar-refractivity contribution in [3.8, 4) is 0 Å². The predicted molar refractivity (Wildman–Crippen MR) is 54.0 cm³/mol. The number of hydrogen-bond acceptors (Lipinski definition) is 3. The molecule has 0 N–H and O–H groups in total. The fourth-order valence-electron chi connectivity index (χ4n) is 2.26. The highest BCUT2D eigenvalue weighted by Gasteiger charge is 2.25. The van der Waals surface area contributed by atoms with Crippen LogP contribution in [-0.4, -0.2) is 20.2 Å². The maximum Gasteiger partial charge on any atom is 0.166 e. The summed E-state index contributed by atoms with van der Waals surface area (Å²) in [5.41, 5.74) is 0. The van der Waals surface area contributed by atoms with E-state index in [0.29, 0.717) is 11.9 Å². The molecule has 1 unspecified atom stereocenters. The van der Waals surface area contributed by atoms with Gasteiger partial charge in [0, 0.05) is 0 Å². The van der Waals surface area contributed by atoms with Crippen LogP contribution in [0.4, 0.5) is 0 Å². The number of tetrazole rings is 1. The van der Waals surface area contributed by atoms with Crippen LogP contribution in [0.25, 0.3) is 0 Å². The summed E-state index contributed by atoms with van der Waals surface area (Å²) >= 11 is 5.76. The highest BCUT2D eigenvalue weighted by atomic mass is 35.5. The summed E-state index contributed by atoms with van der Waals surface area (Å²) < 4.78 is 1.88. The molecule has 14 heavy (non-hydrogen) atoms. The molecule has 1 fully saturated rings. The molecule has 1 atom stereocenters. The van der Waals surface area contributed by atoms with Crippen LogP contribution in [0, 0.1) is 5.92 Å². The normalized spacial score (nSPS) is 20.1. The largest absolute Gasteiger partial charge is 0.225 e. The average molecular weight is 215 g/mol. The summed E-state index contributed by atoms with van der Waals surface area (Å²) in [7, 11) is 0. The minimum Gasteiger partial charge on any atom is -0.225 e. The molecular formula is C9H15ClN4. The van der Waals surface area contributed by atoms with Crippen LogP contribution in [0.2, 0.25) is 0 Å². The van der Waals surface area contributed by atoms with Gasteiger partial charge in [0.25, 0.3) is 0 Å². The van der Waals surface area contributed by atoms with Gasteiger partial charge in [0.1, 0.15) is 0 Å². The van der Waals surface area contributed by atoms with Gasteiger partial charge in [-0.2, -0.15) is 0 Å². The molecule has 0 aliphatic heterocycles. The summed E-state index contributed by atoms with van der Waals surface area (Å²) in [5, 5.41) is 11.6. The molecule has 5 heteroatoms. The van der Waals surface area contributed by atoms with Gasteiger partial charge in [-0.3, -0.25) is 0 Å². The van der Waals surface area contributed by atoms with Crippen molar-refractivity contribution >= 4 is 11.6 Å². The molecule has 0 spiro atoms. The fraction of sp³-hybridized carbons (Fsp3) is 0.889. The van der Waals surface area contributed by atoms with Crippen LogP contribution in [0.1, 0.15) is 44.5 Å². The van der Waals surface area contributed by atoms with E-state index < -0.39 is 0 Å². The van der Waals surface area contributed by atoms with Gasteiger partial charge in [-0.05, 0) is 36.1 Å². The monoisotopic (exact) mass is 214 g/mol. The minimum atomic E-state index is 0.390. The van der Waals surface area contributed by atoms with Crippen LogP contribution in [-0.2, 0) is 5.88 Å². The number of rotatable bonds is 3. The van der Waals surface area contributed by atoms with Crippen molar-refractivity contribution in [1.82, 2.24) is 20.2 Å². The number of aromatic nitrogens is 4. The van der Waals surface area contributed by atoms with E-state index in [1.54, 1.807) is 0 Å². The molecule has 1 heterocycles. The molecule has 78 valence electrons. The van der Waals surface area contributed by atoms with Gasteiger partial charge in [-0.15, -0.1) is 16.7 Å². The maximum atomic E-state index is 5.76. The Morgan fingerprint density at radius 3 is 2.86 bits per heavy atom. The smallest absolute Gasteiger partial charge is 0.166 e. The molecule has 1 aromatic heterocycles. The van der Waals surface area contributed by atoms with E-state index in [9.17, 15) is 0 Å². The van der Waals surface area contributed by atoms with E-state index in [2.05, 4.69) is 22.4 Å². The van der Waals surface area contributed by atoms with Crippen molar-refractivity contribution in [2.75, 3.05) is 0 Å². The number of alkyl halides is 1. The lowest BCUT2D eigenvalue weighted by molar-refractivity contribution is 0.323. The number of nitrogens with zero attached hydrogens (tertiary/aromatic N) is 4. The van der Waals surface area contributed by atoms with Crippen LogP contribution in [0.3, 0.4) is 0 Å². The van der Waals surface area contributed by atoms with E-state index in [1.165, 1.54) is 25.7 Å². The molecule has 1 aliphatic rings. The number of hydrogen-bond donors (Lipinski definition) is 0. The first-order valence-corrected chi connectivity index (χ1v) is 5.69. The lowest BCUT2D eigenvalue weighted by Gasteiger charge is -2.19. The van der Waals surface area contributed by atoms with Gasteiger partial charge in [0.05, 0.1) is 11.9 Å². The second kappa shape index (κ2) is 4.26. The van der Waals surface area contributed by atoms with E-state index in [-0.39, 0.29) is 0 Å². The van der Waals surface area contributed by atoms with Crippen LogP contribution >= 0.6 is 11.6 Å². The second-order valence-electron chi connectivity index (χ2n) is 3.96. The Hall–Kier alpha value is -0.640. The summed E-state index contributed by atoms with van der Waals surface area (Å²) in [6.45, 7) is 2.18. The lowest BCUT2D eigenvalue weighted by atomic mass is 10.00. The Bertz CT molecular complexity index is 293. The van der Waals surface area contributed by atoms with Crippen molar-refractivity contribution in [3.05, 3.63) is 5.82 Å². The average Bonchev–Trinajstić information content (AvgIpc) is 2.87. The quantitative estimate of drug-likeness (QED) is 0.725. The first kappa shape index (κ1) is 9.90. The van der Waals surface area contributed by atoms with Gasteiger partial charge in [0.15, 0.2) is 5.82 Å². The van der Waals surface area contributed by atoms with Crippen LogP contribution in [0.15, 0.2) is 0 Å². The summed E-state index contributed by atoms with van der Waals surface area (Å²) in [6.07, 6.45) is 5.27. The van der Waals surface area contributed by atoms with E-state index in [0.717, 1.165) is 11.7 Å². The van der Waals surface area contributed by atoms with E-state index in [1.807, 2.05) is 4.68 Å². The zero-order valence-corrected chi connectivity index (χ0v) is 9.11. The van der Waals surface area contributed by atoms with Gasteiger partial charge < -0.3 is 0 Å². The van der Waals surface area contributed by atoms with Gasteiger partial charge in [-0.1, -0.05) is 12.8 Å². The van der Waals surface area contributed by atoms with E-state index in [4.69, 9.17) is 11.6 Å². The topological polar surface area (TPSA) is 43.6 Å². The molecule has 1 aromatic rings. The molecule has 1 saturated carbocycles. The van der Waals surface area contributed by atoms with Crippen molar-refractivity contribution in [2.24, 2.45) is 5.92 Å². The molecule has 0 saturated heterocycles. The Balaban J connectivity index is 2.12. The molecule has 2 rings (SSSR count). The van der Waals surface area contributed by atoms with Gasteiger partial charge in [-0.25, -0.2) is 4.68 Å². The third-order valence-electron chi connectivity index (χ3n) is 3.15. The predicted octanol–water partition coefficient (Wildman–Crippen LogP) is 2.16. The van der Waals surface area contributed by atoms with Crippen molar-refractivity contribution in [1.29, 1.82) is 0 Å². The van der Waals surface area contributed by atoms with Crippen molar-refractivity contribution < 1.29 is 0 Å². The maximum absolute atomic E-state index is 5.76. The Labute approximate surface area is 88.6 Å². The highest BCUT2D eigenvalue weighted by molar-refractivity contribution is 6.16. The molecule has 0 amide bonds. The summed E-state index contributed by atoms with van der Waals surface area (Å²) in [4.78, 5) is 0. The standard InChI is InChI=1S/C9H15ClN4/c1-7(8-4-2-3-5-8)14-9(6-10)11-12-13-14/h7-8H,2-6H2,1H3. The Morgan fingerprint density at radius 1 is 1.50 bits per heavy atom. The molecule has 0 aromatic carbocycles. The first-order chi connectivity index (χ1) is 6.83. The fourth-order valence-corrected chi connectivity index (χ4v) is 2.43. The Morgan fingerprint density at radius 2 is 2.21 bits per heavy atom. The summed E-state index contributed by atoms with van der Waals surface area (Å²) in [6, 6.07) is 0.390. The van der Waals surface area contributed by atoms with Crippen molar-refractivity contribution in [2.45, 2.75) is 44.5 Å². The number of halogens is 1. The molecular weight excluding hydrogens is 200 g/mol. The zero-order chi connectivity index (χ0) is 9.97. The third kappa shape index (κ3) is 1.75. The summed E-state index contributed by atoms with van der Waals surface area (Å²) in [5.74, 6) is 1.90. The minimum absolute atomic E-state index is 0.390. The highest BCUT2D eigenvalue weighted by Crippen LogP contribution is 2.33. The molecule has 0 bridgehead atoms. The SMILES string of the molecule is CC(C1CCCC1)n1nnnc1CCl. The first-order valence-electron chi connectivity index (χ1n) is 5.15. The van der Waals surface area contributed by atoms with Gasteiger partial charge in [0.2, 0.25) is 0 Å². The van der Waals surface area contributed by atoms with Crippen LogP contribution in [0.5, 0.6) is 0 Å². The van der Waals surface area contributed by atoms with Crippen LogP contribution < -0.4 is 0 Å². The van der Waals surface area contributed by atoms with E-state index >= 15 is 0 Å². The van der Waals surface area contributed by atoms with Gasteiger partial charge >= 0.3 is 0 Å². The second-order valence-corrected chi connectivity index (χ2v) is 4.23. The third-order valence-corrected chi connectivity index (χ3v) is 3.39.